The molecule has 0 bridgehead atoms. The van der Waals surface area contributed by atoms with Gasteiger partial charge in [0, 0.05) is 11.6 Å². The summed E-state index contributed by atoms with van der Waals surface area (Å²) in [6.07, 6.45) is 1.52. The van der Waals surface area contributed by atoms with Crippen LogP contribution in [0.25, 0.3) is 17.4 Å². The van der Waals surface area contributed by atoms with Crippen molar-refractivity contribution >= 4 is 57.9 Å². The van der Waals surface area contributed by atoms with E-state index in [-0.39, 0.29) is 4.32 Å². The van der Waals surface area contributed by atoms with Crippen LogP contribution < -0.4 is 5.11 Å². The highest BCUT2D eigenvalue weighted by Crippen LogP contribution is 2.34. The Morgan fingerprint density at radius 2 is 2.08 bits per heavy atom. The van der Waals surface area contributed by atoms with Crippen LogP contribution in [0.3, 0.4) is 0 Å². The Labute approximate surface area is 151 Å². The number of hydrogen-bond donors (Lipinski definition) is 0. The van der Waals surface area contributed by atoms with Gasteiger partial charge in [-0.25, -0.2) is 0 Å². The zero-order chi connectivity index (χ0) is 17.3. The number of benzene rings is 1. The lowest BCUT2D eigenvalue weighted by molar-refractivity contribution is -0.305. The van der Waals surface area contributed by atoms with Crippen LogP contribution >= 0.6 is 35.6 Å². The van der Waals surface area contributed by atoms with Crippen LogP contribution in [0.4, 0.5) is 0 Å². The molecule has 0 atom stereocenters. The maximum absolute atomic E-state index is 12.2. The van der Waals surface area contributed by atoms with Crippen LogP contribution in [0, 0.1) is 0 Å². The van der Waals surface area contributed by atoms with Gasteiger partial charge in [-0.1, -0.05) is 47.7 Å². The van der Waals surface area contributed by atoms with Crippen molar-refractivity contribution in [1.29, 1.82) is 0 Å². The molecule has 24 heavy (non-hydrogen) atoms. The normalized spacial score (nSPS) is 16.2. The largest absolute Gasteiger partial charge is 0.548 e. The molecule has 1 saturated heterocycles. The molecule has 0 aliphatic carbocycles. The second-order valence-corrected chi connectivity index (χ2v) is 6.90. The van der Waals surface area contributed by atoms with Crippen molar-refractivity contribution in [3.63, 3.8) is 0 Å². The van der Waals surface area contributed by atoms with Crippen LogP contribution in [-0.2, 0) is 9.59 Å². The fraction of sp³-hybridized carbons (Fsp3) is 0.0625. The minimum atomic E-state index is -1.37. The predicted molar refractivity (Wildman–Crippen MR) is 94.0 cm³/mol. The molecule has 0 radical (unpaired) electrons. The van der Waals surface area contributed by atoms with Gasteiger partial charge in [0.25, 0.3) is 5.91 Å². The first kappa shape index (κ1) is 16.8. The zero-order valence-electron chi connectivity index (χ0n) is 12.0. The lowest BCUT2D eigenvalue weighted by Gasteiger charge is -2.14. The smallest absolute Gasteiger partial charge is 0.266 e. The van der Waals surface area contributed by atoms with Crippen LogP contribution in [0.5, 0.6) is 0 Å². The number of thioether (sulfide) groups is 1. The summed E-state index contributed by atoms with van der Waals surface area (Å²) in [5.74, 6) is -0.840. The molecule has 1 fully saturated rings. The number of halogens is 1. The Hall–Kier alpha value is -2.09. The van der Waals surface area contributed by atoms with Gasteiger partial charge in [-0.05, 0) is 24.3 Å². The van der Waals surface area contributed by atoms with Gasteiger partial charge in [0.05, 0.1) is 22.4 Å². The quantitative estimate of drug-likeness (QED) is 0.601. The maximum Gasteiger partial charge on any atom is 0.266 e. The summed E-state index contributed by atoms with van der Waals surface area (Å²) in [6, 6.07) is 10.7. The number of aliphatic carboxylic acids is 1. The second kappa shape index (κ2) is 6.80. The number of carbonyl (C=O) groups excluding carboxylic acids is 2. The van der Waals surface area contributed by atoms with E-state index in [9.17, 15) is 14.7 Å². The van der Waals surface area contributed by atoms with E-state index in [1.54, 1.807) is 18.2 Å². The molecular formula is C16H9ClNO4S2-. The number of carboxylic acid groups (broad SMARTS) is 1. The van der Waals surface area contributed by atoms with Crippen LogP contribution in [0.1, 0.15) is 5.76 Å². The zero-order valence-corrected chi connectivity index (χ0v) is 14.4. The maximum atomic E-state index is 12.2. The third-order valence-corrected chi connectivity index (χ3v) is 4.91. The standard InChI is InChI=1S/C16H10ClNO4S2/c17-11-4-2-1-3-10(11)12-6-5-9(22-12)7-13-15(21)18(8-14(19)20)16(23)24-13/h1-7H,8H2,(H,19,20)/p-1. The fourth-order valence-corrected chi connectivity index (χ4v) is 3.59. The lowest BCUT2D eigenvalue weighted by atomic mass is 10.2. The van der Waals surface area contributed by atoms with Crippen LogP contribution in [0.15, 0.2) is 45.7 Å². The summed E-state index contributed by atoms with van der Waals surface area (Å²) in [6.45, 7) is -0.564. The Kier molecular flexibility index (Phi) is 4.75. The van der Waals surface area contributed by atoms with Crippen molar-refractivity contribution in [2.45, 2.75) is 0 Å². The molecule has 1 aliphatic heterocycles. The molecule has 5 nitrogen and oxygen atoms in total. The monoisotopic (exact) mass is 378 g/mol. The molecule has 8 heteroatoms. The van der Waals surface area contributed by atoms with Crippen LogP contribution in [-0.4, -0.2) is 27.6 Å². The SMILES string of the molecule is O=C([O-])CN1C(=O)C(=Cc2ccc(-c3ccccc3Cl)o2)SC1=S. The first-order valence-corrected chi connectivity index (χ1v) is 8.36. The molecule has 2 heterocycles. The summed E-state index contributed by atoms with van der Waals surface area (Å²) in [7, 11) is 0. The molecule has 0 unspecified atom stereocenters. The minimum absolute atomic E-state index is 0.174. The van der Waals surface area contributed by atoms with E-state index in [0.29, 0.717) is 21.4 Å². The van der Waals surface area contributed by atoms with Gasteiger partial charge >= 0.3 is 0 Å². The van der Waals surface area contributed by atoms with E-state index >= 15 is 0 Å². The fourth-order valence-electron chi connectivity index (χ4n) is 2.13. The molecule has 0 saturated carbocycles. The van der Waals surface area contributed by atoms with Gasteiger partial charge in [-0.15, -0.1) is 0 Å². The van der Waals surface area contributed by atoms with E-state index in [1.807, 2.05) is 18.2 Å². The number of rotatable bonds is 4. The molecule has 2 aromatic rings. The van der Waals surface area contributed by atoms with Gasteiger partial charge < -0.3 is 14.3 Å². The third-order valence-electron chi connectivity index (χ3n) is 3.20. The summed E-state index contributed by atoms with van der Waals surface area (Å²) in [4.78, 5) is 24.1. The summed E-state index contributed by atoms with van der Waals surface area (Å²) < 4.78 is 5.87. The van der Waals surface area contributed by atoms with Crippen molar-refractivity contribution in [2.75, 3.05) is 6.54 Å². The number of amides is 1. The third kappa shape index (κ3) is 3.38. The molecule has 122 valence electrons. The van der Waals surface area contributed by atoms with E-state index in [2.05, 4.69) is 0 Å². The van der Waals surface area contributed by atoms with Crippen molar-refractivity contribution < 1.29 is 19.1 Å². The summed E-state index contributed by atoms with van der Waals surface area (Å²) >= 11 is 12.2. The van der Waals surface area contributed by atoms with Crippen LogP contribution in [0.2, 0.25) is 5.02 Å². The van der Waals surface area contributed by atoms with Crippen molar-refractivity contribution in [3.8, 4) is 11.3 Å². The Balaban J connectivity index is 1.85. The Morgan fingerprint density at radius 3 is 2.79 bits per heavy atom. The van der Waals surface area contributed by atoms with Gasteiger partial charge in [-0.3, -0.25) is 9.69 Å². The molecule has 1 aromatic carbocycles. The van der Waals surface area contributed by atoms with E-state index in [1.165, 1.54) is 6.08 Å². The molecule has 3 rings (SSSR count). The Morgan fingerprint density at radius 1 is 1.33 bits per heavy atom. The van der Waals surface area contributed by atoms with Crippen molar-refractivity contribution in [2.24, 2.45) is 0 Å². The highest BCUT2D eigenvalue weighted by atomic mass is 35.5. The summed E-state index contributed by atoms with van der Waals surface area (Å²) in [5, 5.41) is 11.2. The number of hydrogen-bond acceptors (Lipinski definition) is 6. The average Bonchev–Trinajstić information content (AvgIpc) is 3.08. The highest BCUT2D eigenvalue weighted by molar-refractivity contribution is 8.26. The second-order valence-electron chi connectivity index (χ2n) is 4.82. The first-order valence-electron chi connectivity index (χ1n) is 6.75. The van der Waals surface area contributed by atoms with Gasteiger partial charge in [0.2, 0.25) is 0 Å². The van der Waals surface area contributed by atoms with Gasteiger partial charge in [-0.2, -0.15) is 0 Å². The van der Waals surface area contributed by atoms with E-state index < -0.39 is 18.4 Å². The van der Waals surface area contributed by atoms with E-state index in [4.69, 9.17) is 28.2 Å². The topological polar surface area (TPSA) is 73.6 Å². The lowest BCUT2D eigenvalue weighted by Crippen LogP contribution is -2.40. The van der Waals surface area contributed by atoms with Crippen molar-refractivity contribution in [3.05, 3.63) is 52.1 Å². The highest BCUT2D eigenvalue weighted by Gasteiger charge is 2.32. The molecule has 1 aliphatic rings. The van der Waals surface area contributed by atoms with Crippen molar-refractivity contribution in [1.82, 2.24) is 4.90 Å². The molecule has 1 aromatic heterocycles. The van der Waals surface area contributed by atoms with E-state index in [0.717, 1.165) is 22.2 Å². The average molecular weight is 379 g/mol. The van der Waals surface area contributed by atoms with Gasteiger partial charge in [0.15, 0.2) is 0 Å². The summed E-state index contributed by atoms with van der Waals surface area (Å²) in [5.41, 5.74) is 0.739. The van der Waals surface area contributed by atoms with Gasteiger partial charge in [0.1, 0.15) is 15.8 Å². The molecule has 0 spiro atoms. The number of furan rings is 1. The molecule has 0 N–H and O–H groups in total. The minimum Gasteiger partial charge on any atom is -0.548 e. The number of thiocarbonyl (C=S) groups is 1. The molecule has 1 amide bonds. The number of carbonyl (C=O) groups is 2. The number of nitrogens with zero attached hydrogens (tertiary/aromatic N) is 1. The molecular weight excluding hydrogens is 370 g/mol. The first-order chi connectivity index (χ1) is 11.5. The predicted octanol–water partition coefficient (Wildman–Crippen LogP) is 2.55. The number of carboxylic acids is 1. The Bertz CT molecular complexity index is 874.